The van der Waals surface area contributed by atoms with Crippen LogP contribution in [0.15, 0.2) is 18.2 Å². The van der Waals surface area contributed by atoms with Gasteiger partial charge in [0.1, 0.15) is 11.4 Å². The number of hydrogen-bond donors (Lipinski definition) is 2. The SMILES string of the molecule is C[C@]12CC[C@@H]3c4ccc(O)cc4CC[C@H]3[C@@H]1CCC2(O)C#C[C]1[CH][CH][CH][CH]1.[CH]1[CH][CH][CH][CH]1.[Fe+2]. The number of hydrogen-bond acceptors (Lipinski definition) is 2. The summed E-state index contributed by atoms with van der Waals surface area (Å²) in [6, 6.07) is 5.93. The van der Waals surface area contributed by atoms with E-state index in [1.165, 1.54) is 11.1 Å². The average Bonchev–Trinajstić information content (AvgIpc) is 3.56. The van der Waals surface area contributed by atoms with Crippen LogP contribution in [0.25, 0.3) is 0 Å². The molecule has 0 aliphatic heterocycles. The molecule has 5 aliphatic carbocycles. The molecule has 0 heterocycles. The number of phenolic OH excluding ortho intramolecular Hbond substituents is 1. The largest absolute Gasteiger partial charge is 2.00 e. The van der Waals surface area contributed by atoms with Gasteiger partial charge in [-0.15, -0.1) is 0 Å². The molecule has 2 N–H and O–H groups in total. The van der Waals surface area contributed by atoms with Crippen LogP contribution in [0.5, 0.6) is 5.75 Å². The Morgan fingerprint density at radius 3 is 2.30 bits per heavy atom. The fraction of sp³-hybridized carbons (Fsp3) is 0.400. The van der Waals surface area contributed by atoms with E-state index in [0.29, 0.717) is 23.5 Å². The van der Waals surface area contributed by atoms with Crippen LogP contribution in [-0.4, -0.2) is 15.8 Å². The zero-order chi connectivity index (χ0) is 22.2. The Balaban J connectivity index is 0.000000385. The normalized spacial score (nSPS) is 36.8. The van der Waals surface area contributed by atoms with Gasteiger partial charge in [0.15, 0.2) is 0 Å². The van der Waals surface area contributed by atoms with E-state index in [2.05, 4.69) is 24.8 Å². The third kappa shape index (κ3) is 4.78. The van der Waals surface area contributed by atoms with Crippen molar-refractivity contribution in [3.63, 3.8) is 0 Å². The molecule has 1 unspecified atom stereocenters. The van der Waals surface area contributed by atoms with Crippen LogP contribution < -0.4 is 0 Å². The van der Waals surface area contributed by atoms with Crippen LogP contribution in [0.3, 0.4) is 0 Å². The number of rotatable bonds is 0. The van der Waals surface area contributed by atoms with Crippen molar-refractivity contribution in [1.29, 1.82) is 0 Å². The Labute approximate surface area is 211 Å². The van der Waals surface area contributed by atoms with Crippen molar-refractivity contribution in [3.8, 4) is 17.6 Å². The molecular formula is C30H32FeO2+2. The molecule has 4 fully saturated rings. The van der Waals surface area contributed by atoms with E-state index in [1.54, 1.807) is 0 Å². The summed E-state index contributed by atoms with van der Waals surface area (Å²) in [4.78, 5) is 0. The van der Waals surface area contributed by atoms with E-state index < -0.39 is 5.60 Å². The summed E-state index contributed by atoms with van der Waals surface area (Å²) < 4.78 is 0. The van der Waals surface area contributed by atoms with Gasteiger partial charge in [0.25, 0.3) is 0 Å². The molecule has 170 valence electrons. The number of benzene rings is 1. The second-order valence-corrected chi connectivity index (χ2v) is 10.0. The van der Waals surface area contributed by atoms with Crippen molar-refractivity contribution in [2.24, 2.45) is 17.3 Å². The minimum Gasteiger partial charge on any atom is -0.508 e. The molecule has 5 atom stereocenters. The fourth-order valence-electron chi connectivity index (χ4n) is 6.74. The van der Waals surface area contributed by atoms with E-state index >= 15 is 0 Å². The van der Waals surface area contributed by atoms with Gasteiger partial charge in [-0.2, -0.15) is 0 Å². The molecule has 0 saturated heterocycles. The van der Waals surface area contributed by atoms with Crippen LogP contribution in [-0.2, 0) is 23.5 Å². The molecule has 3 heteroatoms. The van der Waals surface area contributed by atoms with Gasteiger partial charge in [-0.25, -0.2) is 0 Å². The van der Waals surface area contributed by atoms with Gasteiger partial charge in [0.2, 0.25) is 0 Å². The zero-order valence-electron chi connectivity index (χ0n) is 19.2. The number of aryl methyl sites for hydroxylation is 1. The molecule has 10 radical (unpaired) electrons. The molecule has 5 aliphatic rings. The van der Waals surface area contributed by atoms with E-state index in [0.717, 1.165) is 44.4 Å². The van der Waals surface area contributed by atoms with Gasteiger partial charge >= 0.3 is 17.1 Å². The molecule has 33 heavy (non-hydrogen) atoms. The van der Waals surface area contributed by atoms with E-state index in [9.17, 15) is 10.2 Å². The van der Waals surface area contributed by atoms with Gasteiger partial charge in [0.05, 0.1) is 5.92 Å². The van der Waals surface area contributed by atoms with Crippen LogP contribution in [0.2, 0.25) is 0 Å². The topological polar surface area (TPSA) is 40.5 Å². The maximum atomic E-state index is 11.6. The first-order valence-corrected chi connectivity index (χ1v) is 12.0. The second-order valence-electron chi connectivity index (χ2n) is 10.0. The molecular weight excluding hydrogens is 448 g/mol. The van der Waals surface area contributed by atoms with Crippen molar-refractivity contribution in [1.82, 2.24) is 0 Å². The molecule has 0 aromatic heterocycles. The van der Waals surface area contributed by atoms with E-state index in [-0.39, 0.29) is 22.5 Å². The van der Waals surface area contributed by atoms with Crippen LogP contribution >= 0.6 is 0 Å². The van der Waals surface area contributed by atoms with Gasteiger partial charge in [-0.3, -0.25) is 0 Å². The van der Waals surface area contributed by atoms with Crippen molar-refractivity contribution in [2.75, 3.05) is 0 Å². The van der Waals surface area contributed by atoms with Gasteiger partial charge in [-0.05, 0) is 137 Å². The maximum Gasteiger partial charge on any atom is 2.00 e. The van der Waals surface area contributed by atoms with Crippen molar-refractivity contribution in [3.05, 3.63) is 93.0 Å². The van der Waals surface area contributed by atoms with Crippen LogP contribution in [0, 0.1) is 92.8 Å². The number of fused-ring (bicyclic) bond motifs is 5. The summed E-state index contributed by atoms with van der Waals surface area (Å²) in [6.07, 6.45) is 24.2. The maximum absolute atomic E-state index is 11.6. The summed E-state index contributed by atoms with van der Waals surface area (Å²) in [6.45, 7) is 2.28. The van der Waals surface area contributed by atoms with Gasteiger partial charge in [0, 0.05) is 5.41 Å². The molecule has 4 saturated carbocycles. The third-order valence-corrected chi connectivity index (χ3v) is 8.49. The Kier molecular flexibility index (Phi) is 7.90. The summed E-state index contributed by atoms with van der Waals surface area (Å²) in [5.74, 6) is 9.62. The number of aliphatic hydroxyl groups is 1. The van der Waals surface area contributed by atoms with Crippen molar-refractivity contribution < 1.29 is 27.3 Å². The molecule has 1 aromatic rings. The second kappa shape index (κ2) is 10.4. The Hall–Kier alpha value is -0.941. The molecule has 2 nitrogen and oxygen atoms in total. The first-order chi connectivity index (χ1) is 15.5. The fourth-order valence-corrected chi connectivity index (χ4v) is 6.74. The predicted molar refractivity (Wildman–Crippen MR) is 127 cm³/mol. The van der Waals surface area contributed by atoms with E-state index in [1.807, 2.05) is 69.9 Å². The monoisotopic (exact) mass is 480 g/mol. The van der Waals surface area contributed by atoms with Crippen molar-refractivity contribution in [2.45, 2.75) is 57.0 Å². The predicted octanol–water partition coefficient (Wildman–Crippen LogP) is 5.41. The first-order valence-electron chi connectivity index (χ1n) is 12.0. The minimum atomic E-state index is -0.880. The summed E-state index contributed by atoms with van der Waals surface area (Å²) in [5.41, 5.74) is 1.76. The summed E-state index contributed by atoms with van der Waals surface area (Å²) in [5, 5.41) is 21.4. The third-order valence-electron chi connectivity index (χ3n) is 8.49. The molecule has 0 amide bonds. The zero-order valence-corrected chi connectivity index (χ0v) is 20.3. The summed E-state index contributed by atoms with van der Waals surface area (Å²) >= 11 is 0. The Bertz CT molecular complexity index is 867. The Morgan fingerprint density at radius 1 is 0.909 bits per heavy atom. The molecule has 6 rings (SSSR count). The molecule has 0 bridgehead atoms. The molecule has 1 aromatic carbocycles. The quantitative estimate of drug-likeness (QED) is 0.385. The molecule has 0 spiro atoms. The number of aromatic hydroxyl groups is 1. The van der Waals surface area contributed by atoms with Gasteiger partial charge in [-0.1, -0.05) is 24.8 Å². The standard InChI is InChI=1S/C25H27O2.C5H5.Fe/c1-24-13-11-21-20-9-7-19(26)16-18(20)6-8-22(21)23(24)12-15-25(24,27)14-10-17-4-2-3-5-17;1-2-4-5-3-1;/h2-5,7,9,16,21-23,26-27H,6,8,11-13,15H2,1H3;1-5H;/q;;+2/t21-,22-,23+,24+,25?;;/m1../s1. The van der Waals surface area contributed by atoms with Crippen molar-refractivity contribution >= 4 is 0 Å². The minimum absolute atomic E-state index is 0. The van der Waals surface area contributed by atoms with Crippen LogP contribution in [0.1, 0.15) is 56.1 Å². The smallest absolute Gasteiger partial charge is 0.508 e. The average molecular weight is 480 g/mol. The van der Waals surface area contributed by atoms with Crippen LogP contribution in [0.4, 0.5) is 0 Å². The van der Waals surface area contributed by atoms with E-state index in [4.69, 9.17) is 0 Å². The summed E-state index contributed by atoms with van der Waals surface area (Å²) in [7, 11) is 0. The Morgan fingerprint density at radius 2 is 1.61 bits per heavy atom. The van der Waals surface area contributed by atoms with Gasteiger partial charge < -0.3 is 10.2 Å². The first kappa shape index (κ1) is 25.2. The number of phenols is 1.